The molecule has 4 heteroatoms. The molecule has 0 amide bonds. The van der Waals surface area contributed by atoms with E-state index in [1.165, 1.54) is 19.3 Å². The maximum atomic E-state index is 6.09. The highest BCUT2D eigenvalue weighted by atomic mass is 15.3. The lowest BCUT2D eigenvalue weighted by atomic mass is 10.1. The standard InChI is InChI=1S/C11H20N4/c1-3-4-5-9(12)11-13-10(8-6-7-8)14-15(11)2/h8-9H,3-7,12H2,1-2H3. The second-order valence-electron chi connectivity index (χ2n) is 4.47. The van der Waals surface area contributed by atoms with Gasteiger partial charge in [-0.25, -0.2) is 4.98 Å². The molecular formula is C11H20N4. The van der Waals surface area contributed by atoms with Crippen LogP contribution in [0.15, 0.2) is 0 Å². The number of rotatable bonds is 5. The van der Waals surface area contributed by atoms with Crippen LogP contribution in [0.1, 0.15) is 62.6 Å². The van der Waals surface area contributed by atoms with Gasteiger partial charge in [0.15, 0.2) is 5.82 Å². The Bertz CT molecular complexity index is 327. The van der Waals surface area contributed by atoms with Crippen molar-refractivity contribution in [3.63, 3.8) is 0 Å². The monoisotopic (exact) mass is 208 g/mol. The molecule has 15 heavy (non-hydrogen) atoms. The molecule has 1 heterocycles. The Hall–Kier alpha value is -0.900. The molecule has 1 fully saturated rings. The molecule has 1 aliphatic carbocycles. The van der Waals surface area contributed by atoms with Crippen molar-refractivity contribution in [2.45, 2.75) is 51.0 Å². The summed E-state index contributed by atoms with van der Waals surface area (Å²) in [4.78, 5) is 4.55. The van der Waals surface area contributed by atoms with Crippen LogP contribution in [0.2, 0.25) is 0 Å². The molecule has 0 radical (unpaired) electrons. The summed E-state index contributed by atoms with van der Waals surface area (Å²) in [6.07, 6.45) is 5.84. The molecule has 1 aromatic rings. The van der Waals surface area contributed by atoms with E-state index in [1.807, 2.05) is 11.7 Å². The van der Waals surface area contributed by atoms with E-state index in [-0.39, 0.29) is 6.04 Å². The highest BCUT2D eigenvalue weighted by molar-refractivity contribution is 5.07. The number of aromatic nitrogens is 3. The number of unbranched alkanes of at least 4 members (excludes halogenated alkanes) is 1. The van der Waals surface area contributed by atoms with Gasteiger partial charge in [-0.2, -0.15) is 5.10 Å². The van der Waals surface area contributed by atoms with Crippen molar-refractivity contribution in [1.29, 1.82) is 0 Å². The number of aryl methyl sites for hydroxylation is 1. The minimum atomic E-state index is 0.0509. The molecule has 1 saturated carbocycles. The summed E-state index contributed by atoms with van der Waals surface area (Å²) in [5.41, 5.74) is 6.09. The van der Waals surface area contributed by atoms with E-state index in [0.29, 0.717) is 5.92 Å². The third-order valence-electron chi connectivity index (χ3n) is 2.96. The lowest BCUT2D eigenvalue weighted by Crippen LogP contribution is -2.15. The van der Waals surface area contributed by atoms with Crippen LogP contribution in [0, 0.1) is 0 Å². The Morgan fingerprint density at radius 2 is 2.27 bits per heavy atom. The van der Waals surface area contributed by atoms with Crippen LogP contribution >= 0.6 is 0 Å². The van der Waals surface area contributed by atoms with Gasteiger partial charge in [0.1, 0.15) is 5.82 Å². The summed E-state index contributed by atoms with van der Waals surface area (Å²) in [7, 11) is 1.94. The molecular weight excluding hydrogens is 188 g/mol. The van der Waals surface area contributed by atoms with Crippen molar-refractivity contribution in [3.05, 3.63) is 11.6 Å². The molecule has 1 unspecified atom stereocenters. The van der Waals surface area contributed by atoms with Crippen LogP contribution in [-0.4, -0.2) is 14.8 Å². The van der Waals surface area contributed by atoms with Gasteiger partial charge in [-0.15, -0.1) is 0 Å². The van der Waals surface area contributed by atoms with Crippen LogP contribution in [0.25, 0.3) is 0 Å². The highest BCUT2D eigenvalue weighted by Gasteiger charge is 2.29. The van der Waals surface area contributed by atoms with E-state index in [0.717, 1.165) is 24.5 Å². The van der Waals surface area contributed by atoms with Gasteiger partial charge >= 0.3 is 0 Å². The summed E-state index contributed by atoms with van der Waals surface area (Å²) in [6, 6.07) is 0.0509. The summed E-state index contributed by atoms with van der Waals surface area (Å²) >= 11 is 0. The Morgan fingerprint density at radius 3 is 2.87 bits per heavy atom. The molecule has 0 bridgehead atoms. The zero-order valence-corrected chi connectivity index (χ0v) is 9.61. The molecule has 0 aromatic carbocycles. The largest absolute Gasteiger partial charge is 0.321 e. The van der Waals surface area contributed by atoms with Crippen molar-refractivity contribution >= 4 is 0 Å². The zero-order chi connectivity index (χ0) is 10.8. The third-order valence-corrected chi connectivity index (χ3v) is 2.96. The van der Waals surface area contributed by atoms with E-state index >= 15 is 0 Å². The maximum Gasteiger partial charge on any atom is 0.154 e. The fraction of sp³-hybridized carbons (Fsp3) is 0.818. The van der Waals surface area contributed by atoms with E-state index in [9.17, 15) is 0 Å². The van der Waals surface area contributed by atoms with E-state index in [1.54, 1.807) is 0 Å². The van der Waals surface area contributed by atoms with Crippen LogP contribution in [0.3, 0.4) is 0 Å². The Morgan fingerprint density at radius 1 is 1.53 bits per heavy atom. The molecule has 1 aliphatic rings. The first-order valence-corrected chi connectivity index (χ1v) is 5.88. The smallest absolute Gasteiger partial charge is 0.154 e. The fourth-order valence-electron chi connectivity index (χ4n) is 1.81. The SMILES string of the molecule is CCCCC(N)c1nc(C2CC2)nn1C. The zero-order valence-electron chi connectivity index (χ0n) is 9.61. The molecule has 84 valence electrons. The normalized spacial score (nSPS) is 18.1. The van der Waals surface area contributed by atoms with E-state index < -0.39 is 0 Å². The first-order chi connectivity index (χ1) is 7.22. The fourth-order valence-corrected chi connectivity index (χ4v) is 1.81. The summed E-state index contributed by atoms with van der Waals surface area (Å²) < 4.78 is 1.86. The Balaban J connectivity index is 2.05. The van der Waals surface area contributed by atoms with E-state index in [2.05, 4.69) is 17.0 Å². The van der Waals surface area contributed by atoms with Crippen molar-refractivity contribution < 1.29 is 0 Å². The lowest BCUT2D eigenvalue weighted by molar-refractivity contribution is 0.543. The van der Waals surface area contributed by atoms with Gasteiger partial charge < -0.3 is 5.73 Å². The van der Waals surface area contributed by atoms with Crippen LogP contribution in [0.4, 0.5) is 0 Å². The first-order valence-electron chi connectivity index (χ1n) is 5.88. The van der Waals surface area contributed by atoms with Gasteiger partial charge in [0.2, 0.25) is 0 Å². The average molecular weight is 208 g/mol. The molecule has 0 spiro atoms. The molecule has 4 nitrogen and oxygen atoms in total. The number of hydrogen-bond donors (Lipinski definition) is 1. The summed E-state index contributed by atoms with van der Waals surface area (Å²) in [5.74, 6) is 2.56. The van der Waals surface area contributed by atoms with Crippen LogP contribution in [0.5, 0.6) is 0 Å². The third kappa shape index (κ3) is 2.37. The predicted octanol–water partition coefficient (Wildman–Crippen LogP) is 1.88. The highest BCUT2D eigenvalue weighted by Crippen LogP contribution is 2.38. The van der Waals surface area contributed by atoms with E-state index in [4.69, 9.17) is 5.73 Å². The predicted molar refractivity (Wildman–Crippen MR) is 59.4 cm³/mol. The molecule has 2 rings (SSSR count). The molecule has 1 aromatic heterocycles. The lowest BCUT2D eigenvalue weighted by Gasteiger charge is -2.08. The molecule has 0 saturated heterocycles. The second-order valence-corrected chi connectivity index (χ2v) is 4.47. The van der Waals surface area contributed by atoms with Gasteiger partial charge in [-0.1, -0.05) is 19.8 Å². The van der Waals surface area contributed by atoms with Crippen molar-refractivity contribution in [2.24, 2.45) is 12.8 Å². The second kappa shape index (κ2) is 4.31. The summed E-state index contributed by atoms with van der Waals surface area (Å²) in [6.45, 7) is 2.18. The number of nitrogens with zero attached hydrogens (tertiary/aromatic N) is 3. The van der Waals surface area contributed by atoms with Crippen LogP contribution in [-0.2, 0) is 7.05 Å². The Kier molecular flexibility index (Phi) is 3.05. The summed E-state index contributed by atoms with van der Waals surface area (Å²) in [5, 5.41) is 4.43. The van der Waals surface area contributed by atoms with Gasteiger partial charge in [0.25, 0.3) is 0 Å². The number of nitrogens with two attached hydrogens (primary N) is 1. The van der Waals surface area contributed by atoms with Gasteiger partial charge in [0.05, 0.1) is 6.04 Å². The maximum absolute atomic E-state index is 6.09. The van der Waals surface area contributed by atoms with Gasteiger partial charge in [-0.3, -0.25) is 4.68 Å². The number of hydrogen-bond acceptors (Lipinski definition) is 3. The average Bonchev–Trinajstić information content (AvgIpc) is 2.99. The quantitative estimate of drug-likeness (QED) is 0.803. The minimum absolute atomic E-state index is 0.0509. The van der Waals surface area contributed by atoms with Gasteiger partial charge in [-0.05, 0) is 19.3 Å². The first kappa shape index (κ1) is 10.6. The minimum Gasteiger partial charge on any atom is -0.321 e. The van der Waals surface area contributed by atoms with Crippen LogP contribution < -0.4 is 5.73 Å². The topological polar surface area (TPSA) is 56.7 Å². The molecule has 0 aliphatic heterocycles. The van der Waals surface area contributed by atoms with Crippen molar-refractivity contribution in [1.82, 2.24) is 14.8 Å². The molecule has 1 atom stereocenters. The van der Waals surface area contributed by atoms with Crippen molar-refractivity contribution in [3.8, 4) is 0 Å². The van der Waals surface area contributed by atoms with Crippen molar-refractivity contribution in [2.75, 3.05) is 0 Å². The Labute approximate surface area is 90.9 Å². The molecule has 2 N–H and O–H groups in total. The van der Waals surface area contributed by atoms with Gasteiger partial charge in [0, 0.05) is 13.0 Å².